The average molecular weight is 300 g/mol. The van der Waals surface area contributed by atoms with Gasteiger partial charge in [-0.25, -0.2) is 9.97 Å². The molecule has 1 aliphatic rings. The number of nitrogens with zero attached hydrogens (tertiary/aromatic N) is 3. The third-order valence-electron chi connectivity index (χ3n) is 2.91. The van der Waals surface area contributed by atoms with E-state index in [9.17, 15) is 9.59 Å². The van der Waals surface area contributed by atoms with Crippen molar-refractivity contribution < 1.29 is 9.59 Å². The highest BCUT2D eigenvalue weighted by molar-refractivity contribution is 8.00. The Kier molecular flexibility index (Phi) is 3.83. The van der Waals surface area contributed by atoms with Crippen LogP contribution in [0.15, 0.2) is 47.8 Å². The summed E-state index contributed by atoms with van der Waals surface area (Å²) in [4.78, 5) is 33.8. The molecule has 3 rings (SSSR count). The molecule has 0 bridgehead atoms. The van der Waals surface area contributed by atoms with Crippen LogP contribution in [0.4, 0.5) is 11.5 Å². The fraction of sp³-hybridized carbons (Fsp3) is 0.143. The maximum absolute atomic E-state index is 12.1. The molecule has 0 saturated carbocycles. The van der Waals surface area contributed by atoms with E-state index < -0.39 is 0 Å². The first kappa shape index (κ1) is 13.6. The van der Waals surface area contributed by atoms with Crippen molar-refractivity contribution in [2.75, 3.05) is 22.5 Å². The second-order valence-corrected chi connectivity index (χ2v) is 5.32. The van der Waals surface area contributed by atoms with Gasteiger partial charge >= 0.3 is 0 Å². The maximum atomic E-state index is 12.1. The summed E-state index contributed by atoms with van der Waals surface area (Å²) in [5.41, 5.74) is 0.676. The van der Waals surface area contributed by atoms with Crippen molar-refractivity contribution in [3.8, 4) is 0 Å². The van der Waals surface area contributed by atoms with Gasteiger partial charge < -0.3 is 5.32 Å². The number of amides is 2. The summed E-state index contributed by atoms with van der Waals surface area (Å²) in [6.07, 6.45) is 3.27. The molecule has 0 unspecified atom stereocenters. The van der Waals surface area contributed by atoms with Gasteiger partial charge in [0.1, 0.15) is 17.4 Å². The first-order chi connectivity index (χ1) is 10.2. The summed E-state index contributed by atoms with van der Waals surface area (Å²) >= 11 is 1.39. The summed E-state index contributed by atoms with van der Waals surface area (Å²) in [6, 6.07) is 8.79. The molecule has 0 aliphatic carbocycles. The summed E-state index contributed by atoms with van der Waals surface area (Å²) in [5, 5.41) is 3.44. The van der Waals surface area contributed by atoms with Crippen LogP contribution in [0.3, 0.4) is 0 Å². The van der Waals surface area contributed by atoms with Crippen LogP contribution in [-0.4, -0.2) is 34.1 Å². The van der Waals surface area contributed by atoms with Crippen LogP contribution in [0.5, 0.6) is 0 Å². The molecule has 2 amide bonds. The summed E-state index contributed by atoms with van der Waals surface area (Å²) in [5.74, 6) is 0.370. The Morgan fingerprint density at radius 3 is 2.90 bits per heavy atom. The third-order valence-corrected chi connectivity index (χ3v) is 3.89. The molecule has 0 radical (unpaired) electrons. The van der Waals surface area contributed by atoms with Gasteiger partial charge in [0.25, 0.3) is 0 Å². The zero-order chi connectivity index (χ0) is 14.7. The van der Waals surface area contributed by atoms with Crippen molar-refractivity contribution in [3.63, 3.8) is 0 Å². The zero-order valence-electron chi connectivity index (χ0n) is 11.0. The Morgan fingerprint density at radius 1 is 1.24 bits per heavy atom. The molecule has 3 heterocycles. The highest BCUT2D eigenvalue weighted by Gasteiger charge is 2.27. The van der Waals surface area contributed by atoms with E-state index in [0.717, 1.165) is 5.03 Å². The Bertz CT molecular complexity index is 678. The van der Waals surface area contributed by atoms with Gasteiger partial charge in [-0.05, 0) is 24.3 Å². The Hall–Kier alpha value is -2.41. The molecule has 0 saturated heterocycles. The number of hydrogen-bond donors (Lipinski definition) is 1. The molecule has 0 fully saturated rings. The maximum Gasteiger partial charge on any atom is 0.245 e. The molecule has 7 heteroatoms. The van der Waals surface area contributed by atoms with E-state index in [0.29, 0.717) is 17.3 Å². The topological polar surface area (TPSA) is 75.2 Å². The van der Waals surface area contributed by atoms with Crippen molar-refractivity contribution >= 4 is 35.1 Å². The molecule has 6 nitrogen and oxygen atoms in total. The largest absolute Gasteiger partial charge is 0.309 e. The second-order valence-electron chi connectivity index (χ2n) is 4.36. The van der Waals surface area contributed by atoms with Gasteiger partial charge in [-0.2, -0.15) is 0 Å². The van der Waals surface area contributed by atoms with E-state index in [-0.39, 0.29) is 18.4 Å². The quantitative estimate of drug-likeness (QED) is 0.931. The minimum absolute atomic E-state index is 0.0470. The molecule has 106 valence electrons. The number of hydrogen-bond acceptors (Lipinski definition) is 5. The van der Waals surface area contributed by atoms with Gasteiger partial charge in [-0.15, -0.1) is 0 Å². The zero-order valence-corrected chi connectivity index (χ0v) is 11.8. The average Bonchev–Trinajstić information content (AvgIpc) is 2.51. The van der Waals surface area contributed by atoms with Crippen LogP contribution in [-0.2, 0) is 9.59 Å². The number of aromatic nitrogens is 2. The highest BCUT2D eigenvalue weighted by Crippen LogP contribution is 2.32. The molecular weight excluding hydrogens is 288 g/mol. The normalized spacial score (nSPS) is 13.7. The van der Waals surface area contributed by atoms with E-state index in [1.54, 1.807) is 42.7 Å². The van der Waals surface area contributed by atoms with E-state index in [1.807, 2.05) is 0 Å². The Labute approximate surface area is 125 Å². The molecule has 21 heavy (non-hydrogen) atoms. The SMILES string of the molecule is O=C(CN1C(=O)CSc2ncccc21)Nc1ccccn1. The number of nitrogens with one attached hydrogen (secondary N) is 1. The molecule has 2 aromatic rings. The van der Waals surface area contributed by atoms with Crippen LogP contribution >= 0.6 is 11.8 Å². The predicted molar refractivity (Wildman–Crippen MR) is 80.2 cm³/mol. The molecule has 0 aromatic carbocycles. The number of carbonyl (C=O) groups excluding carboxylic acids is 2. The third kappa shape index (κ3) is 3.03. The van der Waals surface area contributed by atoms with Crippen LogP contribution in [0, 0.1) is 0 Å². The fourth-order valence-electron chi connectivity index (χ4n) is 1.98. The lowest BCUT2D eigenvalue weighted by Crippen LogP contribution is -2.41. The van der Waals surface area contributed by atoms with Gasteiger partial charge in [-0.3, -0.25) is 14.5 Å². The van der Waals surface area contributed by atoms with Crippen LogP contribution < -0.4 is 10.2 Å². The lowest BCUT2D eigenvalue weighted by Gasteiger charge is -2.27. The summed E-state index contributed by atoms with van der Waals surface area (Å²) in [6.45, 7) is -0.0470. The minimum atomic E-state index is -0.288. The summed E-state index contributed by atoms with van der Waals surface area (Å²) in [7, 11) is 0. The molecule has 0 atom stereocenters. The monoisotopic (exact) mass is 300 g/mol. The standard InChI is InChI=1S/C14H12N4O2S/c19-12(17-11-5-1-2-6-15-11)8-18-10-4-3-7-16-14(10)21-9-13(18)20/h1-7H,8-9H2,(H,15,17,19). The second kappa shape index (κ2) is 5.92. The number of carbonyl (C=O) groups is 2. The number of pyridine rings is 2. The van der Waals surface area contributed by atoms with Gasteiger partial charge in [0.2, 0.25) is 11.8 Å². The van der Waals surface area contributed by atoms with Crippen LogP contribution in [0.25, 0.3) is 0 Å². The number of thioether (sulfide) groups is 1. The first-order valence-electron chi connectivity index (χ1n) is 6.33. The van der Waals surface area contributed by atoms with Crippen LogP contribution in [0.2, 0.25) is 0 Å². The van der Waals surface area contributed by atoms with Crippen molar-refractivity contribution in [3.05, 3.63) is 42.7 Å². The lowest BCUT2D eigenvalue weighted by atomic mass is 10.3. The molecule has 1 N–H and O–H groups in total. The minimum Gasteiger partial charge on any atom is -0.309 e. The van der Waals surface area contributed by atoms with Crippen molar-refractivity contribution in [2.45, 2.75) is 5.03 Å². The predicted octanol–water partition coefficient (Wildman–Crippen LogP) is 1.55. The summed E-state index contributed by atoms with van der Waals surface area (Å²) < 4.78 is 0. The lowest BCUT2D eigenvalue weighted by molar-refractivity contribution is -0.120. The smallest absolute Gasteiger partial charge is 0.245 e. The number of rotatable bonds is 3. The molecule has 1 aliphatic heterocycles. The van der Waals surface area contributed by atoms with Crippen molar-refractivity contribution in [1.82, 2.24) is 9.97 Å². The van der Waals surface area contributed by atoms with Gasteiger partial charge in [0.05, 0.1) is 11.4 Å². The van der Waals surface area contributed by atoms with E-state index in [2.05, 4.69) is 15.3 Å². The van der Waals surface area contributed by atoms with Gasteiger partial charge in [0, 0.05) is 12.4 Å². The fourth-order valence-corrected chi connectivity index (χ4v) is 2.85. The van der Waals surface area contributed by atoms with Crippen LogP contribution in [0.1, 0.15) is 0 Å². The van der Waals surface area contributed by atoms with Gasteiger partial charge in [-0.1, -0.05) is 17.8 Å². The van der Waals surface area contributed by atoms with E-state index >= 15 is 0 Å². The van der Waals surface area contributed by atoms with Crippen molar-refractivity contribution in [2.24, 2.45) is 0 Å². The van der Waals surface area contributed by atoms with E-state index in [4.69, 9.17) is 0 Å². The molecule has 2 aromatic heterocycles. The van der Waals surface area contributed by atoms with E-state index in [1.165, 1.54) is 16.7 Å². The van der Waals surface area contributed by atoms with Gasteiger partial charge in [0.15, 0.2) is 0 Å². The Morgan fingerprint density at radius 2 is 2.10 bits per heavy atom. The molecule has 0 spiro atoms. The number of fused-ring (bicyclic) bond motifs is 1. The number of anilines is 2. The Balaban J connectivity index is 1.75. The van der Waals surface area contributed by atoms with Crippen molar-refractivity contribution in [1.29, 1.82) is 0 Å². The highest BCUT2D eigenvalue weighted by atomic mass is 32.2. The molecular formula is C14H12N4O2S. The first-order valence-corrected chi connectivity index (χ1v) is 7.31.